The van der Waals surface area contributed by atoms with E-state index in [-0.39, 0.29) is 29.4 Å². The van der Waals surface area contributed by atoms with Crippen LogP contribution in [0.15, 0.2) is 72.8 Å². The molecule has 1 aliphatic rings. The summed E-state index contributed by atoms with van der Waals surface area (Å²) >= 11 is 1.58. The van der Waals surface area contributed by atoms with Crippen molar-refractivity contribution in [2.75, 3.05) is 37.5 Å². The molecule has 7 nitrogen and oxygen atoms in total. The molecule has 3 aromatic carbocycles. The Morgan fingerprint density at radius 3 is 2.50 bits per heavy atom. The number of aromatic nitrogens is 2. The first-order chi connectivity index (χ1) is 19.4. The van der Waals surface area contributed by atoms with Crippen LogP contribution in [-0.4, -0.2) is 54.2 Å². The number of aryl methyl sites for hydroxylation is 3. The summed E-state index contributed by atoms with van der Waals surface area (Å²) < 4.78 is 6.96. The Balaban J connectivity index is 1.78. The number of hydrogen-bond donors (Lipinski definition) is 1. The fraction of sp³-hybridized carbons (Fsp3) is 0.281. The Morgan fingerprint density at radius 2 is 1.77 bits per heavy atom. The summed E-state index contributed by atoms with van der Waals surface area (Å²) in [7, 11) is 1.59. The first-order valence-electron chi connectivity index (χ1n) is 13.4. The molecule has 0 saturated carbocycles. The third-order valence-corrected chi connectivity index (χ3v) is 8.35. The van der Waals surface area contributed by atoms with Gasteiger partial charge >= 0.3 is 0 Å². The molecule has 1 N–H and O–H groups in total. The van der Waals surface area contributed by atoms with Gasteiger partial charge in [0.05, 0.1) is 29.0 Å². The van der Waals surface area contributed by atoms with E-state index in [0.29, 0.717) is 19.0 Å². The molecule has 0 unspecified atom stereocenters. The molecule has 0 spiro atoms. The number of thioether (sulfide) groups is 1. The van der Waals surface area contributed by atoms with Crippen molar-refractivity contribution in [3.05, 3.63) is 101 Å². The molecule has 8 heteroatoms. The van der Waals surface area contributed by atoms with E-state index >= 15 is 0 Å². The Bertz CT molecular complexity index is 1530. The van der Waals surface area contributed by atoms with Crippen molar-refractivity contribution in [3.63, 3.8) is 0 Å². The molecule has 0 bridgehead atoms. The van der Waals surface area contributed by atoms with E-state index in [1.165, 1.54) is 0 Å². The number of ether oxygens (including phenoxy) is 1. The van der Waals surface area contributed by atoms with Crippen molar-refractivity contribution < 1.29 is 14.3 Å². The number of nitrogens with one attached hydrogen (secondary N) is 1. The Labute approximate surface area is 239 Å². The van der Waals surface area contributed by atoms with Crippen LogP contribution in [0.1, 0.15) is 33.1 Å². The molecule has 0 saturated heterocycles. The number of carbonyl (C=O) groups excluding carboxylic acids is 2. The van der Waals surface area contributed by atoms with Gasteiger partial charge in [0, 0.05) is 24.8 Å². The van der Waals surface area contributed by atoms with E-state index in [0.717, 1.165) is 44.8 Å². The highest BCUT2D eigenvalue weighted by Gasteiger charge is 2.38. The van der Waals surface area contributed by atoms with Gasteiger partial charge in [0.1, 0.15) is 12.4 Å². The van der Waals surface area contributed by atoms with E-state index in [1.54, 1.807) is 23.8 Å². The summed E-state index contributed by atoms with van der Waals surface area (Å²) in [5, 5.41) is 7.92. The Kier molecular flexibility index (Phi) is 8.38. The lowest BCUT2D eigenvalue weighted by atomic mass is 9.96. The second-order valence-electron chi connectivity index (χ2n) is 10.0. The summed E-state index contributed by atoms with van der Waals surface area (Å²) in [5.41, 5.74) is 8.01. The summed E-state index contributed by atoms with van der Waals surface area (Å²) in [6, 6.07) is 24.5. The molecule has 1 aromatic heterocycles. The van der Waals surface area contributed by atoms with Gasteiger partial charge < -0.3 is 10.1 Å². The normalized spacial score (nSPS) is 15.1. The van der Waals surface area contributed by atoms with Gasteiger partial charge in [0.15, 0.2) is 0 Å². The third-order valence-electron chi connectivity index (χ3n) is 7.12. The zero-order valence-corrected chi connectivity index (χ0v) is 24.1. The van der Waals surface area contributed by atoms with Crippen molar-refractivity contribution in [2.24, 2.45) is 0 Å². The number of fused-ring (bicyclic) bond motifs is 1. The minimum Gasteiger partial charge on any atom is -0.383 e. The Hall–Kier alpha value is -3.88. The summed E-state index contributed by atoms with van der Waals surface area (Å²) in [5.74, 6) is 0.496. The number of carbonyl (C=O) groups is 2. The van der Waals surface area contributed by atoms with Crippen LogP contribution in [0.2, 0.25) is 0 Å². The van der Waals surface area contributed by atoms with Gasteiger partial charge in [0.2, 0.25) is 11.8 Å². The van der Waals surface area contributed by atoms with Crippen LogP contribution >= 0.6 is 11.8 Å². The second-order valence-corrected chi connectivity index (χ2v) is 11.1. The molecule has 2 amide bonds. The summed E-state index contributed by atoms with van der Waals surface area (Å²) in [6.07, 6.45) is 0. The molecule has 206 valence electrons. The number of methoxy groups -OCH3 is 1. The van der Waals surface area contributed by atoms with Gasteiger partial charge in [-0.3, -0.25) is 14.5 Å². The van der Waals surface area contributed by atoms with Gasteiger partial charge in [-0.1, -0.05) is 72.3 Å². The molecule has 5 rings (SSSR count). The largest absolute Gasteiger partial charge is 0.383 e. The highest BCUT2D eigenvalue weighted by Crippen LogP contribution is 2.49. The highest BCUT2D eigenvalue weighted by atomic mass is 32.2. The van der Waals surface area contributed by atoms with E-state index in [2.05, 4.69) is 37.4 Å². The molecule has 0 aliphatic carbocycles. The molecule has 40 heavy (non-hydrogen) atoms. The second kappa shape index (κ2) is 12.1. The van der Waals surface area contributed by atoms with Crippen LogP contribution in [-0.2, 0) is 14.3 Å². The lowest BCUT2D eigenvalue weighted by Gasteiger charge is -2.24. The summed E-state index contributed by atoms with van der Waals surface area (Å²) in [6.45, 7) is 6.86. The van der Waals surface area contributed by atoms with Crippen LogP contribution in [0.5, 0.6) is 0 Å². The maximum absolute atomic E-state index is 13.8. The zero-order valence-electron chi connectivity index (χ0n) is 23.3. The van der Waals surface area contributed by atoms with Gasteiger partial charge in [-0.2, -0.15) is 5.10 Å². The fourth-order valence-corrected chi connectivity index (χ4v) is 6.45. The number of amides is 2. The molecule has 0 radical (unpaired) electrons. The molecule has 1 aliphatic heterocycles. The minimum absolute atomic E-state index is 0.110. The van der Waals surface area contributed by atoms with E-state index < -0.39 is 0 Å². The van der Waals surface area contributed by atoms with Crippen LogP contribution in [0.4, 0.5) is 5.82 Å². The van der Waals surface area contributed by atoms with Gasteiger partial charge in [-0.05, 0) is 43.5 Å². The SMILES string of the molecule is COCCNC(=O)CN1C(=O)CS[C@@H](c2ccccc2C)c2c(-c3ccccc3)nn(-c3ccc(C)cc3C)c21. The molecule has 2 heterocycles. The first-order valence-corrected chi connectivity index (χ1v) is 14.4. The smallest absolute Gasteiger partial charge is 0.240 e. The van der Waals surface area contributed by atoms with E-state index in [1.807, 2.05) is 66.2 Å². The number of nitrogens with zero attached hydrogens (tertiary/aromatic N) is 3. The van der Waals surface area contributed by atoms with Crippen molar-refractivity contribution in [1.82, 2.24) is 15.1 Å². The van der Waals surface area contributed by atoms with Gasteiger partial charge in [0.25, 0.3) is 0 Å². The molecule has 4 aromatic rings. The average molecular weight is 555 g/mol. The third kappa shape index (κ3) is 5.55. The van der Waals surface area contributed by atoms with Crippen LogP contribution in [0.3, 0.4) is 0 Å². The molecular formula is C32H34N4O3S. The maximum Gasteiger partial charge on any atom is 0.240 e. The molecule has 0 fully saturated rings. The lowest BCUT2D eigenvalue weighted by molar-refractivity contribution is -0.123. The van der Waals surface area contributed by atoms with Gasteiger partial charge in [-0.15, -0.1) is 11.8 Å². The highest BCUT2D eigenvalue weighted by molar-refractivity contribution is 8.00. The zero-order chi connectivity index (χ0) is 28.2. The average Bonchev–Trinajstić information content (AvgIpc) is 3.26. The number of anilines is 1. The fourth-order valence-electron chi connectivity index (χ4n) is 5.16. The predicted octanol–water partition coefficient (Wildman–Crippen LogP) is 5.40. The number of rotatable bonds is 8. The predicted molar refractivity (Wildman–Crippen MR) is 161 cm³/mol. The molecular weight excluding hydrogens is 520 g/mol. The van der Waals surface area contributed by atoms with Crippen molar-refractivity contribution in [2.45, 2.75) is 26.0 Å². The van der Waals surface area contributed by atoms with Crippen molar-refractivity contribution in [1.29, 1.82) is 0 Å². The van der Waals surface area contributed by atoms with E-state index in [9.17, 15) is 9.59 Å². The number of benzene rings is 3. The monoisotopic (exact) mass is 554 g/mol. The standard InChI is InChI=1S/C32H34N4O3S/c1-21-14-15-26(23(3)18-21)36-32-29(30(34-36)24-11-6-5-7-12-24)31(25-13-9-8-10-22(25)2)40-20-28(38)35(32)19-27(37)33-16-17-39-4/h5-15,18,31H,16-17,19-20H2,1-4H3,(H,33,37)/t31-/m0/s1. The van der Waals surface area contributed by atoms with E-state index in [4.69, 9.17) is 9.84 Å². The van der Waals surface area contributed by atoms with Crippen molar-refractivity contribution in [3.8, 4) is 16.9 Å². The van der Waals surface area contributed by atoms with Crippen LogP contribution in [0.25, 0.3) is 16.9 Å². The molecule has 1 atom stereocenters. The first kappa shape index (κ1) is 27.7. The Morgan fingerprint density at radius 1 is 1.02 bits per heavy atom. The summed E-state index contributed by atoms with van der Waals surface area (Å²) in [4.78, 5) is 28.5. The van der Waals surface area contributed by atoms with Crippen LogP contribution < -0.4 is 10.2 Å². The van der Waals surface area contributed by atoms with Crippen molar-refractivity contribution >= 4 is 29.4 Å². The quantitative estimate of drug-likeness (QED) is 0.295. The van der Waals surface area contributed by atoms with Crippen LogP contribution in [0, 0.1) is 20.8 Å². The number of hydrogen-bond acceptors (Lipinski definition) is 5. The maximum atomic E-state index is 13.8. The van der Waals surface area contributed by atoms with Gasteiger partial charge in [-0.25, -0.2) is 4.68 Å². The lowest BCUT2D eigenvalue weighted by Crippen LogP contribution is -2.43. The minimum atomic E-state index is -0.245. The topological polar surface area (TPSA) is 76.5 Å².